The number of unbranched alkanes of at least 4 members (excludes halogenated alkanes) is 1. The van der Waals surface area contributed by atoms with Gasteiger partial charge >= 0.3 is 12.2 Å². The topological polar surface area (TPSA) is 183 Å². The summed E-state index contributed by atoms with van der Waals surface area (Å²) < 4.78 is 9.13. The van der Waals surface area contributed by atoms with Crippen molar-refractivity contribution < 1.29 is 28.7 Å². The highest BCUT2D eigenvalue weighted by Gasteiger charge is 2.35. The van der Waals surface area contributed by atoms with E-state index in [1.165, 1.54) is 14.2 Å². The Morgan fingerprint density at radius 3 is 2.50 bits per heavy atom. The molecule has 2 atom stereocenters. The molecular formula is C36H42N8O6. The first-order valence-corrected chi connectivity index (χ1v) is 16.7. The van der Waals surface area contributed by atoms with Crippen molar-refractivity contribution in [3.63, 3.8) is 0 Å². The van der Waals surface area contributed by atoms with Crippen LogP contribution in [0.25, 0.3) is 22.3 Å². The number of hydrogen-bond acceptors (Lipinski definition) is 8. The number of nitrogens with one attached hydrogen (secondary N) is 5. The number of carbonyl (C=O) groups excluding carboxylic acids is 4. The third kappa shape index (κ3) is 9.19. The van der Waals surface area contributed by atoms with E-state index in [4.69, 9.17) is 0 Å². The average Bonchev–Trinajstić information content (AvgIpc) is 3.91. The number of ether oxygens (including phenoxy) is 2. The fraction of sp³-hybridized carbons (Fsp3) is 0.389. The minimum absolute atomic E-state index is 0.120. The number of fused-ring (bicyclic) bond motifs is 1. The maximum Gasteiger partial charge on any atom is 0.407 e. The van der Waals surface area contributed by atoms with Gasteiger partial charge in [-0.1, -0.05) is 30.9 Å². The quantitative estimate of drug-likeness (QED) is 0.110. The van der Waals surface area contributed by atoms with Crippen LogP contribution in [0.1, 0.15) is 67.8 Å². The van der Waals surface area contributed by atoms with E-state index in [2.05, 4.69) is 57.2 Å². The monoisotopic (exact) mass is 682 g/mol. The molecule has 14 nitrogen and oxygen atoms in total. The third-order valence-electron chi connectivity index (χ3n) is 8.45. The second kappa shape index (κ2) is 17.0. The van der Waals surface area contributed by atoms with Gasteiger partial charge in [0.1, 0.15) is 17.7 Å². The standard InChI is InChI=1S/C36H42N8O6/c1-4-26(43-36(48)50-3)34(46)44-19-7-8-30(44)33-38-21-29(42-33)25-15-12-23(13-16-25)10-11-24-14-17-27-28(20-24)41-31(40-27)9-5-6-18-37-32(45)22-39-35(47)49-2/h12-17,20-21,26,30H,4-9,18-19,22H2,1-3H3,(H,37,45)(H,38,42)(H,39,47)(H,40,41)(H,43,48). The number of alkyl carbamates (subject to hydrolysis) is 2. The Hall–Kier alpha value is -5.84. The zero-order chi connectivity index (χ0) is 35.5. The number of rotatable bonds is 12. The molecule has 2 aromatic heterocycles. The van der Waals surface area contributed by atoms with Gasteiger partial charge in [-0.05, 0) is 68.0 Å². The molecule has 0 saturated carbocycles. The molecule has 5 rings (SSSR count). The molecule has 4 aromatic rings. The number of H-pyrrole nitrogens is 2. The van der Waals surface area contributed by atoms with Gasteiger partial charge in [-0.15, -0.1) is 0 Å². The van der Waals surface area contributed by atoms with Crippen LogP contribution in [-0.4, -0.2) is 88.7 Å². The second-order valence-corrected chi connectivity index (χ2v) is 11.9. The van der Waals surface area contributed by atoms with Gasteiger partial charge in [-0.25, -0.2) is 19.6 Å². The summed E-state index contributed by atoms with van der Waals surface area (Å²) in [4.78, 5) is 65.6. The molecule has 14 heteroatoms. The van der Waals surface area contributed by atoms with E-state index >= 15 is 0 Å². The van der Waals surface area contributed by atoms with Crippen molar-refractivity contribution in [2.24, 2.45) is 0 Å². The number of carbonyl (C=O) groups is 4. The molecule has 2 unspecified atom stereocenters. The van der Waals surface area contributed by atoms with E-state index in [1.54, 1.807) is 11.1 Å². The zero-order valence-electron chi connectivity index (χ0n) is 28.4. The molecule has 0 spiro atoms. The summed E-state index contributed by atoms with van der Waals surface area (Å²) in [5.74, 6) is 7.65. The van der Waals surface area contributed by atoms with Gasteiger partial charge in [-0.3, -0.25) is 9.59 Å². The minimum atomic E-state index is -0.653. The van der Waals surface area contributed by atoms with Crippen LogP contribution in [0.3, 0.4) is 0 Å². The van der Waals surface area contributed by atoms with Crippen LogP contribution in [0.15, 0.2) is 48.7 Å². The summed E-state index contributed by atoms with van der Waals surface area (Å²) in [7, 11) is 2.53. The first kappa shape index (κ1) is 35.5. The molecule has 5 N–H and O–H groups in total. The van der Waals surface area contributed by atoms with Gasteiger partial charge in [-0.2, -0.15) is 0 Å². The lowest BCUT2D eigenvalue weighted by atomic mass is 10.1. The van der Waals surface area contributed by atoms with E-state index in [0.29, 0.717) is 19.5 Å². The van der Waals surface area contributed by atoms with Gasteiger partial charge < -0.3 is 40.3 Å². The van der Waals surface area contributed by atoms with Crippen molar-refractivity contribution in [3.8, 4) is 23.1 Å². The van der Waals surface area contributed by atoms with Gasteiger partial charge in [0.15, 0.2) is 0 Å². The van der Waals surface area contributed by atoms with Crippen molar-refractivity contribution in [1.29, 1.82) is 0 Å². The van der Waals surface area contributed by atoms with Crippen molar-refractivity contribution in [2.75, 3.05) is 33.9 Å². The van der Waals surface area contributed by atoms with Crippen molar-refractivity contribution in [1.82, 2.24) is 40.8 Å². The number of benzene rings is 2. The number of aromatic nitrogens is 4. The van der Waals surface area contributed by atoms with Crippen LogP contribution in [0, 0.1) is 11.8 Å². The lowest BCUT2D eigenvalue weighted by Gasteiger charge is -2.27. The molecular weight excluding hydrogens is 640 g/mol. The van der Waals surface area contributed by atoms with Crippen LogP contribution in [-0.2, 0) is 25.5 Å². The van der Waals surface area contributed by atoms with Gasteiger partial charge in [0.2, 0.25) is 11.8 Å². The number of hydrogen-bond donors (Lipinski definition) is 5. The van der Waals surface area contributed by atoms with Gasteiger partial charge in [0.25, 0.3) is 0 Å². The van der Waals surface area contributed by atoms with Crippen LogP contribution in [0.4, 0.5) is 9.59 Å². The molecule has 0 radical (unpaired) electrons. The summed E-state index contributed by atoms with van der Waals surface area (Å²) in [6, 6.07) is 12.9. The van der Waals surface area contributed by atoms with Crippen molar-refractivity contribution >= 4 is 35.0 Å². The third-order valence-corrected chi connectivity index (χ3v) is 8.45. The largest absolute Gasteiger partial charge is 0.453 e. The van der Waals surface area contributed by atoms with Crippen molar-refractivity contribution in [3.05, 3.63) is 71.4 Å². The fourth-order valence-electron chi connectivity index (χ4n) is 5.78. The van der Waals surface area contributed by atoms with Gasteiger partial charge in [0, 0.05) is 30.6 Å². The number of aryl methyl sites for hydroxylation is 1. The Morgan fingerprint density at radius 1 is 0.980 bits per heavy atom. The summed E-state index contributed by atoms with van der Waals surface area (Å²) >= 11 is 0. The Balaban J connectivity index is 1.14. The minimum Gasteiger partial charge on any atom is -0.453 e. The molecule has 1 saturated heterocycles. The fourth-order valence-corrected chi connectivity index (χ4v) is 5.78. The number of amides is 4. The summed E-state index contributed by atoms with van der Waals surface area (Å²) in [6.07, 6.45) is 4.96. The molecule has 0 aliphatic carbocycles. The number of methoxy groups -OCH3 is 2. The summed E-state index contributed by atoms with van der Waals surface area (Å²) in [6.45, 7) is 2.84. The highest BCUT2D eigenvalue weighted by molar-refractivity contribution is 5.86. The Bertz CT molecular complexity index is 1870. The maximum atomic E-state index is 13.2. The second-order valence-electron chi connectivity index (χ2n) is 11.9. The average molecular weight is 683 g/mol. The van der Waals surface area contributed by atoms with Crippen molar-refractivity contribution in [2.45, 2.75) is 57.5 Å². The molecule has 4 amide bonds. The smallest absolute Gasteiger partial charge is 0.407 e. The predicted molar refractivity (Wildman–Crippen MR) is 186 cm³/mol. The Morgan fingerprint density at radius 2 is 1.74 bits per heavy atom. The predicted octanol–water partition coefficient (Wildman–Crippen LogP) is 3.95. The molecule has 3 heterocycles. The number of aromatic amines is 2. The Labute approximate surface area is 290 Å². The summed E-state index contributed by atoms with van der Waals surface area (Å²) in [5.41, 5.74) is 5.30. The zero-order valence-corrected chi connectivity index (χ0v) is 28.4. The molecule has 1 fully saturated rings. The highest BCUT2D eigenvalue weighted by atomic mass is 16.5. The molecule has 1 aliphatic heterocycles. The molecule has 262 valence electrons. The SMILES string of the molecule is CCC(NC(=O)OC)C(=O)N1CCCC1c1ncc(-c2ccc(C#Cc3ccc4nc(CCCCNC(=O)CNC(=O)OC)[nH]c4c3)cc2)[nH]1. The van der Waals surface area contributed by atoms with Crippen LogP contribution >= 0.6 is 0 Å². The van der Waals surface area contributed by atoms with Crippen LogP contribution in [0.2, 0.25) is 0 Å². The number of likely N-dealkylation sites (tertiary alicyclic amines) is 1. The molecule has 2 aromatic carbocycles. The van der Waals surface area contributed by atoms with Crippen LogP contribution < -0.4 is 16.0 Å². The molecule has 50 heavy (non-hydrogen) atoms. The Kier molecular flexibility index (Phi) is 12.1. The van der Waals surface area contributed by atoms with E-state index < -0.39 is 18.2 Å². The number of imidazole rings is 2. The van der Waals surface area contributed by atoms with E-state index in [0.717, 1.165) is 77.2 Å². The molecule has 1 aliphatic rings. The lowest BCUT2D eigenvalue weighted by Crippen LogP contribution is -2.48. The lowest BCUT2D eigenvalue weighted by molar-refractivity contribution is -0.134. The summed E-state index contributed by atoms with van der Waals surface area (Å²) in [5, 5.41) is 7.74. The van der Waals surface area contributed by atoms with Crippen LogP contribution in [0.5, 0.6) is 0 Å². The maximum absolute atomic E-state index is 13.2. The molecule has 0 bridgehead atoms. The van der Waals surface area contributed by atoms with E-state index in [1.807, 2.05) is 49.4 Å². The van der Waals surface area contributed by atoms with Gasteiger partial charge in [0.05, 0.1) is 49.7 Å². The normalized spacial score (nSPS) is 14.4. The van der Waals surface area contributed by atoms with E-state index in [9.17, 15) is 19.2 Å². The first-order chi connectivity index (χ1) is 24.3. The first-order valence-electron chi connectivity index (χ1n) is 16.7. The highest BCUT2D eigenvalue weighted by Crippen LogP contribution is 2.32. The van der Waals surface area contributed by atoms with E-state index in [-0.39, 0.29) is 24.4 Å². The number of nitrogens with zero attached hydrogens (tertiary/aromatic N) is 3.